The molecule has 0 spiro atoms. The maximum atomic E-state index is 13.4. The molecule has 1 atom stereocenters. The Bertz CT molecular complexity index is 1080. The molecular formula is C24H26FN3O2S. The van der Waals surface area contributed by atoms with Gasteiger partial charge in [-0.05, 0) is 63.3 Å². The summed E-state index contributed by atoms with van der Waals surface area (Å²) in [5.74, 6) is -1.08. The van der Waals surface area contributed by atoms with Crippen LogP contribution in [0.5, 0.6) is 0 Å². The van der Waals surface area contributed by atoms with Crippen LogP contribution < -0.4 is 10.6 Å². The minimum atomic E-state index is -0.473. The highest BCUT2D eigenvalue weighted by atomic mass is 32.1. The second-order valence-electron chi connectivity index (χ2n) is 7.69. The first-order valence-corrected chi connectivity index (χ1v) is 10.7. The zero-order valence-electron chi connectivity index (χ0n) is 18.0. The molecule has 2 amide bonds. The first kappa shape index (κ1) is 22.7. The molecule has 0 radical (unpaired) electrons. The number of rotatable bonds is 7. The molecule has 31 heavy (non-hydrogen) atoms. The van der Waals surface area contributed by atoms with Crippen LogP contribution in [0.4, 0.5) is 9.39 Å². The number of likely N-dealkylation sites (N-methyl/N-ethyl adjacent to an activating group) is 1. The number of nitrogens with zero attached hydrogens (tertiary/aromatic N) is 1. The van der Waals surface area contributed by atoms with Crippen molar-refractivity contribution >= 4 is 28.2 Å². The van der Waals surface area contributed by atoms with Crippen molar-refractivity contribution in [1.29, 1.82) is 0 Å². The molecule has 0 aliphatic rings. The van der Waals surface area contributed by atoms with Crippen molar-refractivity contribution in [3.8, 4) is 0 Å². The summed E-state index contributed by atoms with van der Waals surface area (Å²) in [4.78, 5) is 27.8. The lowest BCUT2D eigenvalue weighted by atomic mass is 10.0. The second-order valence-corrected chi connectivity index (χ2v) is 8.74. The van der Waals surface area contributed by atoms with Crippen molar-refractivity contribution in [2.45, 2.75) is 19.9 Å². The molecule has 0 aliphatic heterocycles. The van der Waals surface area contributed by atoms with Crippen molar-refractivity contribution in [2.24, 2.45) is 0 Å². The lowest BCUT2D eigenvalue weighted by Crippen LogP contribution is -2.34. The van der Waals surface area contributed by atoms with E-state index in [1.165, 1.54) is 35.1 Å². The minimum absolute atomic E-state index is 0.0389. The van der Waals surface area contributed by atoms with Crippen molar-refractivity contribution in [3.05, 3.63) is 87.5 Å². The summed E-state index contributed by atoms with van der Waals surface area (Å²) < 4.78 is 13.4. The summed E-state index contributed by atoms with van der Waals surface area (Å²) in [5, 5.41) is 6.29. The number of anilines is 1. The zero-order valence-corrected chi connectivity index (χ0v) is 18.8. The van der Waals surface area contributed by atoms with Crippen LogP contribution in [0.15, 0.2) is 54.6 Å². The van der Waals surface area contributed by atoms with Crippen LogP contribution in [0, 0.1) is 19.7 Å². The third-order valence-electron chi connectivity index (χ3n) is 4.99. The average molecular weight is 440 g/mol. The molecule has 162 valence electrons. The first-order valence-electron chi connectivity index (χ1n) is 9.93. The average Bonchev–Trinajstić information content (AvgIpc) is 3.09. The summed E-state index contributed by atoms with van der Waals surface area (Å²) in [7, 11) is 3.96. The van der Waals surface area contributed by atoms with Gasteiger partial charge < -0.3 is 15.5 Å². The number of halogens is 1. The highest BCUT2D eigenvalue weighted by molar-refractivity contribution is 7.18. The van der Waals surface area contributed by atoms with Gasteiger partial charge in [0.05, 0.1) is 15.9 Å². The third-order valence-corrected chi connectivity index (χ3v) is 6.14. The van der Waals surface area contributed by atoms with Gasteiger partial charge in [-0.25, -0.2) is 4.39 Å². The topological polar surface area (TPSA) is 61.4 Å². The number of carbonyl (C=O) groups is 2. The predicted octanol–water partition coefficient (Wildman–Crippen LogP) is 4.79. The molecule has 2 N–H and O–H groups in total. The quantitative estimate of drug-likeness (QED) is 0.557. The van der Waals surface area contributed by atoms with E-state index in [1.54, 1.807) is 12.1 Å². The molecule has 1 unspecified atom stereocenters. The summed E-state index contributed by atoms with van der Waals surface area (Å²) in [6.45, 7) is 4.32. The number of aryl methyl sites for hydroxylation is 2. The molecular weight excluding hydrogens is 413 g/mol. The van der Waals surface area contributed by atoms with E-state index in [0.29, 0.717) is 16.4 Å². The van der Waals surface area contributed by atoms with Crippen molar-refractivity contribution in [3.63, 3.8) is 0 Å². The molecule has 3 aromatic rings. The van der Waals surface area contributed by atoms with Crippen LogP contribution in [-0.2, 0) is 0 Å². The minimum Gasteiger partial charge on any atom is -0.349 e. The van der Waals surface area contributed by atoms with Gasteiger partial charge >= 0.3 is 0 Å². The van der Waals surface area contributed by atoms with Gasteiger partial charge in [0.25, 0.3) is 11.8 Å². The fourth-order valence-corrected chi connectivity index (χ4v) is 4.22. The van der Waals surface area contributed by atoms with Gasteiger partial charge in [-0.1, -0.05) is 35.9 Å². The molecule has 0 aliphatic carbocycles. The molecule has 0 bridgehead atoms. The smallest absolute Gasteiger partial charge is 0.261 e. The number of hydrogen-bond acceptors (Lipinski definition) is 4. The van der Waals surface area contributed by atoms with Crippen LogP contribution >= 0.6 is 11.3 Å². The maximum absolute atomic E-state index is 13.4. The molecule has 3 rings (SSSR count). The Balaban J connectivity index is 1.67. The zero-order chi connectivity index (χ0) is 22.5. The molecule has 0 fully saturated rings. The van der Waals surface area contributed by atoms with Gasteiger partial charge in [-0.2, -0.15) is 0 Å². The fraction of sp³-hybridized carbons (Fsp3) is 0.250. The lowest BCUT2D eigenvalue weighted by Gasteiger charge is -2.25. The molecule has 0 saturated heterocycles. The standard InChI is InChI=1S/C24H26FN3O2S/c1-15-8-10-17(11-9-15)20(28(3)4)14-26-24(30)22-16(2)12-21(31-22)27-23(29)18-6-5-7-19(25)13-18/h5-13,20H,14H2,1-4H3,(H,26,30)(H,27,29). The maximum Gasteiger partial charge on any atom is 0.261 e. The molecule has 1 aromatic heterocycles. The lowest BCUT2D eigenvalue weighted by molar-refractivity contribution is 0.0944. The molecule has 2 aromatic carbocycles. The number of nitrogens with one attached hydrogen (secondary N) is 2. The van der Waals surface area contributed by atoms with E-state index in [4.69, 9.17) is 0 Å². The van der Waals surface area contributed by atoms with Gasteiger partial charge in [0.15, 0.2) is 0 Å². The van der Waals surface area contributed by atoms with E-state index < -0.39 is 11.7 Å². The predicted molar refractivity (Wildman–Crippen MR) is 123 cm³/mol. The highest BCUT2D eigenvalue weighted by Gasteiger charge is 2.19. The SMILES string of the molecule is Cc1ccc(C(CNC(=O)c2sc(NC(=O)c3cccc(F)c3)cc2C)N(C)C)cc1. The van der Waals surface area contributed by atoms with E-state index in [-0.39, 0.29) is 17.5 Å². The first-order chi connectivity index (χ1) is 14.7. The Morgan fingerprint density at radius 3 is 2.39 bits per heavy atom. The third kappa shape index (κ3) is 5.77. The van der Waals surface area contributed by atoms with Crippen LogP contribution in [0.1, 0.15) is 42.8 Å². The summed E-state index contributed by atoms with van der Waals surface area (Å²) in [6.07, 6.45) is 0. The van der Waals surface area contributed by atoms with Crippen molar-refractivity contribution in [2.75, 3.05) is 26.0 Å². The highest BCUT2D eigenvalue weighted by Crippen LogP contribution is 2.27. The van der Waals surface area contributed by atoms with E-state index >= 15 is 0 Å². The molecule has 1 heterocycles. The Morgan fingerprint density at radius 2 is 1.74 bits per heavy atom. The van der Waals surface area contributed by atoms with Crippen molar-refractivity contribution < 1.29 is 14.0 Å². The van der Waals surface area contributed by atoms with Gasteiger partial charge in [-0.15, -0.1) is 11.3 Å². The summed E-state index contributed by atoms with van der Waals surface area (Å²) in [6, 6.07) is 15.5. The Labute approximate surface area is 185 Å². The number of carbonyl (C=O) groups excluding carboxylic acids is 2. The van der Waals surface area contributed by atoms with Crippen molar-refractivity contribution in [1.82, 2.24) is 10.2 Å². The number of amides is 2. The molecule has 0 saturated carbocycles. The van der Waals surface area contributed by atoms with Crippen LogP contribution in [-0.4, -0.2) is 37.4 Å². The van der Waals surface area contributed by atoms with Gasteiger partial charge in [0, 0.05) is 12.1 Å². The van der Waals surface area contributed by atoms with E-state index in [0.717, 1.165) is 11.1 Å². The molecule has 5 nitrogen and oxygen atoms in total. The van der Waals surface area contributed by atoms with E-state index in [9.17, 15) is 14.0 Å². The van der Waals surface area contributed by atoms with Gasteiger partial charge in [-0.3, -0.25) is 9.59 Å². The monoisotopic (exact) mass is 439 g/mol. The van der Waals surface area contributed by atoms with E-state index in [2.05, 4.69) is 39.8 Å². The summed E-state index contributed by atoms with van der Waals surface area (Å²) in [5.41, 5.74) is 3.31. The fourth-order valence-electron chi connectivity index (χ4n) is 3.24. The Kier molecular flexibility index (Phi) is 7.20. The number of thiophene rings is 1. The Morgan fingerprint density at radius 1 is 1.03 bits per heavy atom. The van der Waals surface area contributed by atoms with Crippen LogP contribution in [0.2, 0.25) is 0 Å². The molecule has 7 heteroatoms. The summed E-state index contributed by atoms with van der Waals surface area (Å²) >= 11 is 1.20. The number of hydrogen-bond donors (Lipinski definition) is 2. The van der Waals surface area contributed by atoms with Crippen LogP contribution in [0.3, 0.4) is 0 Å². The normalized spacial score (nSPS) is 11.9. The van der Waals surface area contributed by atoms with E-state index in [1.807, 2.05) is 27.9 Å². The van der Waals surface area contributed by atoms with Crippen LogP contribution in [0.25, 0.3) is 0 Å². The largest absolute Gasteiger partial charge is 0.349 e. The number of benzene rings is 2. The van der Waals surface area contributed by atoms with Gasteiger partial charge in [0.2, 0.25) is 0 Å². The second kappa shape index (κ2) is 9.85. The Hall–Kier alpha value is -3.03. The van der Waals surface area contributed by atoms with Gasteiger partial charge in [0.1, 0.15) is 5.82 Å².